The van der Waals surface area contributed by atoms with E-state index in [2.05, 4.69) is 0 Å². The number of nitro groups is 1. The smallest absolute Gasteiger partial charge is 0.311 e. The summed E-state index contributed by atoms with van der Waals surface area (Å²) in [4.78, 5) is 9.81. The summed E-state index contributed by atoms with van der Waals surface area (Å²) in [7, 11) is 0. The number of hydrogen-bond donors (Lipinski definition) is 1. The first-order valence-electron chi connectivity index (χ1n) is 3.85. The van der Waals surface area contributed by atoms with Gasteiger partial charge >= 0.3 is 5.69 Å². The molecular formula is C9H8ClNO3. The van der Waals surface area contributed by atoms with E-state index in [4.69, 9.17) is 16.7 Å². The number of alkyl halides is 1. The number of allylic oxidation sites excluding steroid dienone is 1. The second-order valence-corrected chi connectivity index (χ2v) is 2.87. The molecule has 0 atom stereocenters. The second-order valence-electron chi connectivity index (χ2n) is 2.56. The van der Waals surface area contributed by atoms with Crippen molar-refractivity contribution in [3.05, 3.63) is 40.0 Å². The monoisotopic (exact) mass is 213 g/mol. The average Bonchev–Trinajstić information content (AvgIpc) is 2.16. The minimum absolute atomic E-state index is 0.304. The third-order valence-corrected chi connectivity index (χ3v) is 1.77. The van der Waals surface area contributed by atoms with Gasteiger partial charge in [0.2, 0.25) is 0 Å². The number of nitro benzene ring substituents is 1. The van der Waals surface area contributed by atoms with Gasteiger partial charge in [0.25, 0.3) is 0 Å². The summed E-state index contributed by atoms with van der Waals surface area (Å²) in [6, 6.07) is 4.15. The molecular weight excluding hydrogens is 206 g/mol. The topological polar surface area (TPSA) is 63.4 Å². The van der Waals surface area contributed by atoms with Gasteiger partial charge in [-0.2, -0.15) is 0 Å². The van der Waals surface area contributed by atoms with Crippen LogP contribution in [-0.2, 0) is 0 Å². The van der Waals surface area contributed by atoms with E-state index >= 15 is 0 Å². The number of halogens is 1. The molecule has 0 saturated carbocycles. The van der Waals surface area contributed by atoms with Gasteiger partial charge in [-0.05, 0) is 11.6 Å². The largest absolute Gasteiger partial charge is 0.502 e. The number of hydrogen-bond acceptors (Lipinski definition) is 3. The first-order valence-corrected chi connectivity index (χ1v) is 4.38. The van der Waals surface area contributed by atoms with Crippen LogP contribution in [0.2, 0.25) is 0 Å². The molecule has 0 heterocycles. The Bertz CT molecular complexity index is 376. The Morgan fingerprint density at radius 1 is 1.57 bits per heavy atom. The molecule has 0 saturated heterocycles. The molecule has 0 fully saturated rings. The highest BCUT2D eigenvalue weighted by Crippen LogP contribution is 2.26. The number of phenolic OH excluding ortho intramolecular Hbond substituents is 1. The second kappa shape index (κ2) is 4.62. The number of rotatable bonds is 3. The molecule has 0 aliphatic rings. The lowest BCUT2D eigenvalue weighted by Crippen LogP contribution is -1.88. The van der Waals surface area contributed by atoms with Crippen LogP contribution in [0, 0.1) is 10.1 Å². The molecule has 0 amide bonds. The van der Waals surface area contributed by atoms with Crippen LogP contribution in [0.4, 0.5) is 5.69 Å². The van der Waals surface area contributed by atoms with Crippen LogP contribution in [0.15, 0.2) is 24.3 Å². The average molecular weight is 214 g/mol. The van der Waals surface area contributed by atoms with Crippen LogP contribution in [0.25, 0.3) is 6.08 Å². The maximum atomic E-state index is 10.4. The van der Waals surface area contributed by atoms with Gasteiger partial charge in [-0.15, -0.1) is 11.6 Å². The Kier molecular flexibility index (Phi) is 3.48. The van der Waals surface area contributed by atoms with Gasteiger partial charge in [-0.1, -0.05) is 18.2 Å². The fourth-order valence-corrected chi connectivity index (χ4v) is 1.06. The Balaban J connectivity index is 3.06. The highest BCUT2D eigenvalue weighted by Gasteiger charge is 2.12. The van der Waals surface area contributed by atoms with Crippen molar-refractivity contribution in [2.24, 2.45) is 0 Å². The highest BCUT2D eigenvalue weighted by molar-refractivity contribution is 6.19. The molecule has 0 bridgehead atoms. The van der Waals surface area contributed by atoms with Crippen molar-refractivity contribution in [3.63, 3.8) is 0 Å². The lowest BCUT2D eigenvalue weighted by atomic mass is 10.2. The van der Waals surface area contributed by atoms with Crippen LogP contribution in [-0.4, -0.2) is 15.9 Å². The van der Waals surface area contributed by atoms with Gasteiger partial charge < -0.3 is 5.11 Å². The fraction of sp³-hybridized carbons (Fsp3) is 0.111. The predicted octanol–water partition coefficient (Wildman–Crippen LogP) is 2.55. The molecule has 74 valence electrons. The molecule has 0 spiro atoms. The van der Waals surface area contributed by atoms with E-state index in [0.717, 1.165) is 0 Å². The first-order chi connectivity index (χ1) is 6.65. The molecule has 0 aliphatic heterocycles. The van der Waals surface area contributed by atoms with Crippen LogP contribution >= 0.6 is 11.6 Å². The van der Waals surface area contributed by atoms with Crippen molar-refractivity contribution in [1.29, 1.82) is 0 Å². The zero-order valence-electron chi connectivity index (χ0n) is 7.18. The Morgan fingerprint density at radius 2 is 2.29 bits per heavy atom. The SMILES string of the molecule is O=[N+]([O-])c1cc(C=CCCl)ccc1O. The van der Waals surface area contributed by atoms with Gasteiger partial charge in [0.05, 0.1) is 4.92 Å². The zero-order valence-corrected chi connectivity index (χ0v) is 7.94. The summed E-state index contributed by atoms with van der Waals surface area (Å²) in [5.74, 6) is 0.00678. The Morgan fingerprint density at radius 3 is 2.86 bits per heavy atom. The minimum Gasteiger partial charge on any atom is -0.502 e. The van der Waals surface area contributed by atoms with Crippen molar-refractivity contribution in [1.82, 2.24) is 0 Å². The summed E-state index contributed by atoms with van der Waals surface area (Å²) < 4.78 is 0. The third kappa shape index (κ3) is 2.47. The van der Waals surface area contributed by atoms with E-state index in [9.17, 15) is 10.1 Å². The normalized spacial score (nSPS) is 10.6. The molecule has 1 aromatic carbocycles. The zero-order chi connectivity index (χ0) is 10.6. The molecule has 0 aliphatic carbocycles. The number of aromatic hydroxyl groups is 1. The summed E-state index contributed by atoms with van der Waals surface area (Å²) in [6.07, 6.45) is 3.32. The summed E-state index contributed by atoms with van der Waals surface area (Å²) in [5, 5.41) is 19.6. The maximum Gasteiger partial charge on any atom is 0.311 e. The first kappa shape index (κ1) is 10.5. The van der Waals surface area contributed by atoms with Gasteiger partial charge in [-0.3, -0.25) is 10.1 Å². The van der Waals surface area contributed by atoms with Crippen molar-refractivity contribution in [2.75, 3.05) is 5.88 Å². The molecule has 1 rings (SSSR count). The van der Waals surface area contributed by atoms with Gasteiger partial charge in [-0.25, -0.2) is 0 Å². The molecule has 0 radical (unpaired) electrons. The molecule has 0 aromatic heterocycles. The highest BCUT2D eigenvalue weighted by atomic mass is 35.5. The summed E-state index contributed by atoms with van der Waals surface area (Å²) in [6.45, 7) is 0. The Hall–Kier alpha value is -1.55. The van der Waals surface area contributed by atoms with Crippen LogP contribution < -0.4 is 0 Å². The van der Waals surface area contributed by atoms with Gasteiger partial charge in [0.15, 0.2) is 5.75 Å². The lowest BCUT2D eigenvalue weighted by molar-refractivity contribution is -0.385. The molecule has 0 unspecified atom stereocenters. The van der Waals surface area contributed by atoms with Crippen molar-refractivity contribution >= 4 is 23.4 Å². The minimum atomic E-state index is -0.632. The van der Waals surface area contributed by atoms with Crippen molar-refractivity contribution < 1.29 is 10.0 Å². The van der Waals surface area contributed by atoms with E-state index in [1.165, 1.54) is 12.1 Å². The number of benzene rings is 1. The van der Waals surface area contributed by atoms with Crippen molar-refractivity contribution in [2.45, 2.75) is 0 Å². The maximum absolute atomic E-state index is 10.4. The fourth-order valence-electron chi connectivity index (χ4n) is 0.971. The number of nitrogens with zero attached hydrogens (tertiary/aromatic N) is 1. The molecule has 5 heteroatoms. The van der Waals surface area contributed by atoms with E-state index in [0.29, 0.717) is 11.4 Å². The van der Waals surface area contributed by atoms with Gasteiger partial charge in [0.1, 0.15) is 0 Å². The Labute approximate surface area is 85.6 Å². The molecule has 1 aromatic rings. The quantitative estimate of drug-likeness (QED) is 0.477. The van der Waals surface area contributed by atoms with Crippen molar-refractivity contribution in [3.8, 4) is 5.75 Å². The lowest BCUT2D eigenvalue weighted by Gasteiger charge is -1.97. The van der Waals surface area contributed by atoms with Crippen LogP contribution in [0.1, 0.15) is 5.56 Å². The molecule has 14 heavy (non-hydrogen) atoms. The van der Waals surface area contributed by atoms with E-state index in [1.807, 2.05) is 0 Å². The molecule has 1 N–H and O–H groups in total. The van der Waals surface area contributed by atoms with Crippen LogP contribution in [0.3, 0.4) is 0 Å². The van der Waals surface area contributed by atoms with Gasteiger partial charge in [0, 0.05) is 11.9 Å². The molecule has 4 nitrogen and oxygen atoms in total. The van der Waals surface area contributed by atoms with E-state index < -0.39 is 4.92 Å². The van der Waals surface area contributed by atoms with E-state index in [1.54, 1.807) is 18.2 Å². The van der Waals surface area contributed by atoms with E-state index in [-0.39, 0.29) is 11.4 Å². The third-order valence-electron chi connectivity index (χ3n) is 1.60. The standard InChI is InChI=1S/C9H8ClNO3/c10-5-1-2-7-3-4-9(12)8(6-7)11(13)14/h1-4,6,12H,5H2. The summed E-state index contributed by atoms with van der Waals surface area (Å²) >= 11 is 5.41. The number of phenols is 1. The summed E-state index contributed by atoms with van der Waals surface area (Å²) in [5.41, 5.74) is 0.330. The van der Waals surface area contributed by atoms with Crippen LogP contribution in [0.5, 0.6) is 5.75 Å². The predicted molar refractivity (Wildman–Crippen MR) is 54.5 cm³/mol.